The maximum absolute atomic E-state index is 12.6. The molecule has 0 saturated carbocycles. The zero-order valence-electron chi connectivity index (χ0n) is 12.9. The zero-order chi connectivity index (χ0) is 17.9. The molecular formula is C17H14O7. The zero-order valence-corrected chi connectivity index (χ0v) is 12.9. The van der Waals surface area contributed by atoms with E-state index >= 15 is 0 Å². The lowest BCUT2D eigenvalue weighted by Crippen LogP contribution is -2.11. The normalized spacial score (nSPS) is 10.1. The van der Waals surface area contributed by atoms with Gasteiger partial charge >= 0.3 is 11.9 Å². The van der Waals surface area contributed by atoms with E-state index in [4.69, 9.17) is 0 Å². The molecule has 2 aromatic rings. The van der Waals surface area contributed by atoms with Crippen LogP contribution in [0.25, 0.3) is 0 Å². The first kappa shape index (κ1) is 17.0. The fourth-order valence-corrected chi connectivity index (χ4v) is 2.12. The van der Waals surface area contributed by atoms with Gasteiger partial charge < -0.3 is 19.7 Å². The third-order valence-electron chi connectivity index (χ3n) is 3.33. The quantitative estimate of drug-likeness (QED) is 0.650. The summed E-state index contributed by atoms with van der Waals surface area (Å²) in [6.45, 7) is 0. The Balaban J connectivity index is 2.66. The molecule has 0 aliphatic heterocycles. The van der Waals surface area contributed by atoms with E-state index in [2.05, 4.69) is 9.47 Å². The van der Waals surface area contributed by atoms with Gasteiger partial charge in [-0.05, 0) is 24.3 Å². The van der Waals surface area contributed by atoms with Crippen LogP contribution in [0.4, 0.5) is 0 Å². The Kier molecular flexibility index (Phi) is 4.84. The lowest BCUT2D eigenvalue weighted by molar-refractivity contribution is 0.0592. The van der Waals surface area contributed by atoms with E-state index in [1.165, 1.54) is 12.1 Å². The summed E-state index contributed by atoms with van der Waals surface area (Å²) in [5.74, 6) is -3.39. The van der Waals surface area contributed by atoms with E-state index in [9.17, 15) is 24.6 Å². The molecule has 0 aliphatic carbocycles. The van der Waals surface area contributed by atoms with Gasteiger partial charge in [0.15, 0.2) is 5.78 Å². The molecule has 0 aromatic heterocycles. The molecule has 0 saturated heterocycles. The number of para-hydroxylation sites is 1. The van der Waals surface area contributed by atoms with E-state index < -0.39 is 23.5 Å². The minimum Gasteiger partial charge on any atom is -0.507 e. The van der Waals surface area contributed by atoms with Crippen molar-refractivity contribution in [1.29, 1.82) is 0 Å². The third-order valence-corrected chi connectivity index (χ3v) is 3.33. The van der Waals surface area contributed by atoms with Gasteiger partial charge in [0.2, 0.25) is 0 Å². The molecule has 124 valence electrons. The fraction of sp³-hybridized carbons (Fsp3) is 0.118. The predicted molar refractivity (Wildman–Crippen MR) is 82.3 cm³/mol. The molecule has 0 unspecified atom stereocenters. The summed E-state index contributed by atoms with van der Waals surface area (Å²) in [6, 6.07) is 7.99. The van der Waals surface area contributed by atoms with Crippen molar-refractivity contribution in [1.82, 2.24) is 0 Å². The lowest BCUT2D eigenvalue weighted by Gasteiger charge is -2.11. The van der Waals surface area contributed by atoms with Crippen LogP contribution in [0.5, 0.6) is 11.5 Å². The SMILES string of the molecule is COC(=O)c1cc(C(=O)c2ccccc2O)cc(C(=O)OC)c1O. The summed E-state index contributed by atoms with van der Waals surface area (Å²) in [5, 5.41) is 19.9. The van der Waals surface area contributed by atoms with Crippen molar-refractivity contribution in [2.75, 3.05) is 14.2 Å². The minimum atomic E-state index is -0.926. The minimum absolute atomic E-state index is 0.0187. The molecular weight excluding hydrogens is 316 g/mol. The Labute approximate surface area is 137 Å². The van der Waals surface area contributed by atoms with Gasteiger partial charge in [0.25, 0.3) is 0 Å². The topological polar surface area (TPSA) is 110 Å². The Morgan fingerprint density at radius 2 is 1.33 bits per heavy atom. The number of aromatic hydroxyl groups is 2. The first-order valence-corrected chi connectivity index (χ1v) is 6.77. The smallest absolute Gasteiger partial charge is 0.341 e. The predicted octanol–water partition coefficient (Wildman–Crippen LogP) is 1.90. The molecule has 0 heterocycles. The summed E-state index contributed by atoms with van der Waals surface area (Å²) < 4.78 is 9.08. The summed E-state index contributed by atoms with van der Waals surface area (Å²) >= 11 is 0. The summed E-state index contributed by atoms with van der Waals surface area (Å²) in [6.07, 6.45) is 0. The largest absolute Gasteiger partial charge is 0.507 e. The highest BCUT2D eigenvalue weighted by Crippen LogP contribution is 2.29. The van der Waals surface area contributed by atoms with Crippen molar-refractivity contribution in [3.8, 4) is 11.5 Å². The van der Waals surface area contributed by atoms with Crippen molar-refractivity contribution >= 4 is 17.7 Å². The number of methoxy groups -OCH3 is 2. The maximum Gasteiger partial charge on any atom is 0.341 e. The maximum atomic E-state index is 12.6. The third kappa shape index (κ3) is 3.05. The standard InChI is InChI=1S/C17H14O7/c1-23-16(21)11-7-9(8-12(15(11)20)17(22)24-2)14(19)10-5-3-4-6-13(10)18/h3-8,18,20H,1-2H3. The monoisotopic (exact) mass is 330 g/mol. The van der Waals surface area contributed by atoms with Crippen LogP contribution >= 0.6 is 0 Å². The van der Waals surface area contributed by atoms with Crippen molar-refractivity contribution in [2.45, 2.75) is 0 Å². The molecule has 0 amide bonds. The van der Waals surface area contributed by atoms with E-state index in [0.29, 0.717) is 0 Å². The van der Waals surface area contributed by atoms with Gasteiger partial charge in [-0.1, -0.05) is 12.1 Å². The molecule has 0 bridgehead atoms. The molecule has 0 spiro atoms. The van der Waals surface area contributed by atoms with Gasteiger partial charge in [0.05, 0.1) is 19.8 Å². The van der Waals surface area contributed by atoms with Gasteiger partial charge in [0, 0.05) is 5.56 Å². The van der Waals surface area contributed by atoms with Gasteiger partial charge in [-0.3, -0.25) is 4.79 Å². The van der Waals surface area contributed by atoms with Crippen LogP contribution in [0.15, 0.2) is 36.4 Å². The highest BCUT2D eigenvalue weighted by atomic mass is 16.5. The van der Waals surface area contributed by atoms with E-state index in [-0.39, 0.29) is 28.0 Å². The van der Waals surface area contributed by atoms with E-state index in [1.54, 1.807) is 12.1 Å². The molecule has 0 radical (unpaired) electrons. The second-order valence-electron chi connectivity index (χ2n) is 4.75. The second-order valence-corrected chi connectivity index (χ2v) is 4.75. The van der Waals surface area contributed by atoms with Crippen LogP contribution in [-0.2, 0) is 9.47 Å². The van der Waals surface area contributed by atoms with Gasteiger partial charge in [-0.2, -0.15) is 0 Å². The number of carbonyl (C=O) groups excluding carboxylic acids is 3. The molecule has 0 atom stereocenters. The van der Waals surface area contributed by atoms with Crippen molar-refractivity contribution < 1.29 is 34.1 Å². The number of phenols is 2. The molecule has 2 aromatic carbocycles. The van der Waals surface area contributed by atoms with Crippen LogP contribution < -0.4 is 0 Å². The average molecular weight is 330 g/mol. The molecule has 0 fully saturated rings. The van der Waals surface area contributed by atoms with E-state index in [0.717, 1.165) is 26.4 Å². The number of ether oxygens (including phenoxy) is 2. The summed E-state index contributed by atoms with van der Waals surface area (Å²) in [5.41, 5.74) is -0.830. The van der Waals surface area contributed by atoms with Crippen molar-refractivity contribution in [3.05, 3.63) is 58.7 Å². The van der Waals surface area contributed by atoms with Gasteiger partial charge in [0.1, 0.15) is 22.6 Å². The van der Waals surface area contributed by atoms with Gasteiger partial charge in [-0.15, -0.1) is 0 Å². The molecule has 24 heavy (non-hydrogen) atoms. The lowest BCUT2D eigenvalue weighted by atomic mass is 9.97. The number of ketones is 1. The van der Waals surface area contributed by atoms with Crippen molar-refractivity contribution in [3.63, 3.8) is 0 Å². The van der Waals surface area contributed by atoms with Crippen LogP contribution in [0, 0.1) is 0 Å². The van der Waals surface area contributed by atoms with Gasteiger partial charge in [-0.25, -0.2) is 9.59 Å². The fourth-order valence-electron chi connectivity index (χ4n) is 2.12. The number of esters is 2. The summed E-state index contributed by atoms with van der Waals surface area (Å²) in [4.78, 5) is 36.1. The number of carbonyl (C=O) groups is 3. The Hall–Kier alpha value is -3.35. The first-order chi connectivity index (χ1) is 11.4. The van der Waals surface area contributed by atoms with Crippen molar-refractivity contribution in [2.24, 2.45) is 0 Å². The molecule has 7 nitrogen and oxygen atoms in total. The highest BCUT2D eigenvalue weighted by Gasteiger charge is 2.24. The number of phenolic OH excluding ortho intramolecular Hbond substituents is 2. The van der Waals surface area contributed by atoms with Crippen LogP contribution in [0.2, 0.25) is 0 Å². The second kappa shape index (κ2) is 6.82. The van der Waals surface area contributed by atoms with Crippen LogP contribution in [-0.4, -0.2) is 42.2 Å². The number of benzene rings is 2. The number of hydrogen-bond donors (Lipinski definition) is 2. The highest BCUT2D eigenvalue weighted by molar-refractivity contribution is 6.13. The average Bonchev–Trinajstić information content (AvgIpc) is 2.60. The Morgan fingerprint density at radius 1 is 0.833 bits per heavy atom. The number of rotatable bonds is 4. The Morgan fingerprint density at radius 3 is 1.79 bits per heavy atom. The molecule has 7 heteroatoms. The summed E-state index contributed by atoms with van der Waals surface area (Å²) in [7, 11) is 2.19. The van der Waals surface area contributed by atoms with E-state index in [1.807, 2.05) is 0 Å². The van der Waals surface area contributed by atoms with Crippen LogP contribution in [0.3, 0.4) is 0 Å². The number of hydrogen-bond acceptors (Lipinski definition) is 7. The van der Waals surface area contributed by atoms with Crippen LogP contribution in [0.1, 0.15) is 36.6 Å². The molecule has 2 rings (SSSR count). The molecule has 0 aliphatic rings. The Bertz CT molecular complexity index is 786. The molecule has 2 N–H and O–H groups in total. The first-order valence-electron chi connectivity index (χ1n) is 6.77.